The number of aliphatic hydroxyl groups is 1. The smallest absolute Gasteiger partial charge is 0.228 e. The number of hydrogen-bond donors (Lipinski definition) is 2. The van der Waals surface area contributed by atoms with Crippen molar-refractivity contribution in [2.24, 2.45) is 0 Å². The van der Waals surface area contributed by atoms with E-state index in [1.165, 1.54) is 17.5 Å². The lowest BCUT2D eigenvalue weighted by Crippen LogP contribution is -2.53. The fraction of sp³-hybridized carbons (Fsp3) is 0.576. The van der Waals surface area contributed by atoms with E-state index >= 15 is 0 Å². The van der Waals surface area contributed by atoms with Crippen LogP contribution >= 0.6 is 0 Å². The van der Waals surface area contributed by atoms with Crippen molar-refractivity contribution in [3.8, 4) is 5.75 Å². The number of carbonyl (C=O) groups is 1. The van der Waals surface area contributed by atoms with Gasteiger partial charge in [-0.3, -0.25) is 14.6 Å². The second-order valence-corrected chi connectivity index (χ2v) is 13.2. The van der Waals surface area contributed by atoms with Crippen LogP contribution in [0.1, 0.15) is 61.0 Å². The van der Waals surface area contributed by atoms with Gasteiger partial charge in [-0.05, 0) is 56.9 Å². The van der Waals surface area contributed by atoms with Gasteiger partial charge in [0.1, 0.15) is 23.9 Å². The Labute approximate surface area is 264 Å². The standard InChI is InChI=1S/C33H45N7O5/c1-33(2,3)40-12-10-39(11-13-40)32-36-29(15-31(37-32)35-25-19-43-20-25)30(42)7-5-26(41)18-38-9-8-23-14-27(6-4-24(23)17-38)44-21-28-16-34-22-45-28/h4,6,14-16,22,25-26,41H,5,7-13,17-21H2,1-3H3,(H,35,36,37)/t26-/m0/s1. The number of β-amino-alcohol motifs (C(OH)–C–C–N with tert-alkyl or cyclic N) is 1. The number of oxazole rings is 1. The van der Waals surface area contributed by atoms with Gasteiger partial charge < -0.3 is 29.2 Å². The van der Waals surface area contributed by atoms with Crippen LogP contribution in [0.4, 0.5) is 11.8 Å². The van der Waals surface area contributed by atoms with Crippen LogP contribution in [-0.4, -0.2) is 106 Å². The lowest BCUT2D eigenvalue weighted by atomic mass is 9.98. The first-order valence-electron chi connectivity index (χ1n) is 16.0. The summed E-state index contributed by atoms with van der Waals surface area (Å²) in [6.07, 6.45) is 3.90. The van der Waals surface area contributed by atoms with Gasteiger partial charge in [0, 0.05) is 63.8 Å². The summed E-state index contributed by atoms with van der Waals surface area (Å²) in [6.45, 7) is 13.8. The molecule has 12 nitrogen and oxygen atoms in total. The predicted molar refractivity (Wildman–Crippen MR) is 170 cm³/mol. The molecule has 0 aliphatic carbocycles. The zero-order valence-electron chi connectivity index (χ0n) is 26.6. The van der Waals surface area contributed by atoms with Crippen molar-refractivity contribution in [1.29, 1.82) is 0 Å². The molecule has 45 heavy (non-hydrogen) atoms. The number of benzene rings is 1. The predicted octanol–water partition coefficient (Wildman–Crippen LogP) is 3.16. The van der Waals surface area contributed by atoms with E-state index < -0.39 is 6.10 Å². The zero-order valence-corrected chi connectivity index (χ0v) is 26.6. The molecule has 2 N–H and O–H groups in total. The summed E-state index contributed by atoms with van der Waals surface area (Å²) in [4.78, 5) is 33.7. The number of anilines is 2. The van der Waals surface area contributed by atoms with Crippen LogP contribution in [-0.2, 0) is 24.3 Å². The summed E-state index contributed by atoms with van der Waals surface area (Å²) in [6, 6.07) is 8.06. The van der Waals surface area contributed by atoms with Crippen molar-refractivity contribution < 1.29 is 23.8 Å². The summed E-state index contributed by atoms with van der Waals surface area (Å²) in [7, 11) is 0. The van der Waals surface area contributed by atoms with Gasteiger partial charge in [-0.2, -0.15) is 4.98 Å². The Kier molecular flexibility index (Phi) is 9.64. The quantitative estimate of drug-likeness (QED) is 0.289. The summed E-state index contributed by atoms with van der Waals surface area (Å²) < 4.78 is 16.4. The Morgan fingerprint density at radius 1 is 1.11 bits per heavy atom. The minimum absolute atomic E-state index is 0.0826. The normalized spacial score (nSPS) is 18.7. The fourth-order valence-corrected chi connectivity index (χ4v) is 6.01. The number of Topliss-reactive ketones (excluding diaryl/α,β-unsaturated/α-hetero) is 1. The van der Waals surface area contributed by atoms with Crippen molar-refractivity contribution >= 4 is 17.5 Å². The molecule has 0 spiro atoms. The summed E-state index contributed by atoms with van der Waals surface area (Å²) in [5.74, 6) is 2.63. The molecule has 0 amide bonds. The van der Waals surface area contributed by atoms with Crippen LogP contribution in [0.3, 0.4) is 0 Å². The molecule has 2 saturated heterocycles. The molecule has 12 heteroatoms. The van der Waals surface area contributed by atoms with E-state index in [4.69, 9.17) is 23.9 Å². The van der Waals surface area contributed by atoms with Gasteiger partial charge in [-0.1, -0.05) is 6.07 Å². The lowest BCUT2D eigenvalue weighted by molar-refractivity contribution is 0.0209. The Balaban J connectivity index is 1.02. The van der Waals surface area contributed by atoms with E-state index in [1.54, 1.807) is 12.3 Å². The molecule has 5 heterocycles. The molecule has 3 aromatic rings. The molecule has 0 saturated carbocycles. The van der Waals surface area contributed by atoms with E-state index in [9.17, 15) is 9.90 Å². The van der Waals surface area contributed by atoms with Gasteiger partial charge in [-0.25, -0.2) is 9.97 Å². The average Bonchev–Trinajstić information content (AvgIpc) is 3.54. The number of nitrogens with one attached hydrogen (secondary N) is 1. The van der Waals surface area contributed by atoms with E-state index in [-0.39, 0.29) is 23.8 Å². The molecule has 0 radical (unpaired) electrons. The minimum atomic E-state index is -0.614. The van der Waals surface area contributed by atoms with E-state index in [0.717, 1.165) is 51.4 Å². The van der Waals surface area contributed by atoms with Gasteiger partial charge in [0.2, 0.25) is 5.95 Å². The molecule has 6 rings (SSSR count). The van der Waals surface area contributed by atoms with Crippen molar-refractivity contribution in [1.82, 2.24) is 24.8 Å². The highest BCUT2D eigenvalue weighted by molar-refractivity contribution is 5.95. The third kappa shape index (κ3) is 8.18. The van der Waals surface area contributed by atoms with Gasteiger partial charge in [0.15, 0.2) is 17.9 Å². The minimum Gasteiger partial charge on any atom is -0.486 e. The molecular weight excluding hydrogens is 574 g/mol. The average molecular weight is 620 g/mol. The molecule has 0 unspecified atom stereocenters. The van der Waals surface area contributed by atoms with Crippen molar-refractivity contribution in [3.05, 3.63) is 59.4 Å². The summed E-state index contributed by atoms with van der Waals surface area (Å²) in [5.41, 5.74) is 2.98. The van der Waals surface area contributed by atoms with E-state index in [1.807, 2.05) is 6.07 Å². The van der Waals surface area contributed by atoms with Gasteiger partial charge in [0.05, 0.1) is 31.6 Å². The lowest BCUT2D eigenvalue weighted by Gasteiger charge is -2.42. The largest absolute Gasteiger partial charge is 0.486 e. The van der Waals surface area contributed by atoms with E-state index in [2.05, 4.69) is 57.9 Å². The maximum atomic E-state index is 13.4. The van der Waals surface area contributed by atoms with Crippen LogP contribution in [0.15, 0.2) is 41.3 Å². The number of ether oxygens (including phenoxy) is 2. The number of nitrogens with zero attached hydrogens (tertiary/aromatic N) is 6. The van der Waals surface area contributed by atoms with Crippen LogP contribution < -0.4 is 15.0 Å². The third-order valence-electron chi connectivity index (χ3n) is 8.81. The van der Waals surface area contributed by atoms with Gasteiger partial charge >= 0.3 is 0 Å². The SMILES string of the molecule is CC(C)(C)N1CCN(c2nc(NC3COC3)cc(C(=O)CC[C@H](O)CN3CCc4cc(OCc5cnco5)ccc4C3)n2)CC1. The van der Waals surface area contributed by atoms with Crippen molar-refractivity contribution in [3.63, 3.8) is 0 Å². The molecule has 3 aliphatic heterocycles. The zero-order chi connectivity index (χ0) is 31.4. The fourth-order valence-electron chi connectivity index (χ4n) is 6.01. The summed E-state index contributed by atoms with van der Waals surface area (Å²) in [5, 5.41) is 14.3. The molecule has 1 atom stereocenters. The van der Waals surface area contributed by atoms with Crippen LogP contribution in [0.25, 0.3) is 0 Å². The number of fused-ring (bicyclic) bond motifs is 1. The second kappa shape index (κ2) is 13.8. The number of aromatic nitrogens is 3. The molecule has 242 valence electrons. The maximum absolute atomic E-state index is 13.4. The third-order valence-corrected chi connectivity index (χ3v) is 8.81. The molecule has 1 aromatic carbocycles. The highest BCUT2D eigenvalue weighted by atomic mass is 16.5. The summed E-state index contributed by atoms with van der Waals surface area (Å²) >= 11 is 0. The number of hydrogen-bond acceptors (Lipinski definition) is 12. The monoisotopic (exact) mass is 619 g/mol. The number of carbonyl (C=O) groups excluding carboxylic acids is 1. The van der Waals surface area contributed by atoms with Crippen molar-refractivity contribution in [2.45, 2.75) is 70.9 Å². The molecular formula is C33H45N7O5. The highest BCUT2D eigenvalue weighted by Crippen LogP contribution is 2.26. The Morgan fingerprint density at radius 2 is 1.93 bits per heavy atom. The molecule has 3 aliphatic rings. The topological polar surface area (TPSA) is 129 Å². The molecule has 2 fully saturated rings. The number of piperazine rings is 1. The molecule has 0 bridgehead atoms. The van der Waals surface area contributed by atoms with Gasteiger partial charge in [-0.15, -0.1) is 0 Å². The van der Waals surface area contributed by atoms with Crippen molar-refractivity contribution in [2.75, 3.05) is 62.7 Å². The number of ketones is 1. The maximum Gasteiger partial charge on any atom is 0.228 e. The Hall–Kier alpha value is -3.58. The van der Waals surface area contributed by atoms with Crippen LogP contribution in [0.5, 0.6) is 5.75 Å². The number of rotatable bonds is 12. The van der Waals surface area contributed by atoms with Crippen LogP contribution in [0, 0.1) is 0 Å². The van der Waals surface area contributed by atoms with Crippen LogP contribution in [0.2, 0.25) is 0 Å². The van der Waals surface area contributed by atoms with Gasteiger partial charge in [0.25, 0.3) is 0 Å². The highest BCUT2D eigenvalue weighted by Gasteiger charge is 2.28. The first kappa shape index (κ1) is 31.4. The second-order valence-electron chi connectivity index (χ2n) is 13.2. The first-order valence-corrected chi connectivity index (χ1v) is 16.0. The number of aliphatic hydroxyl groups excluding tert-OH is 1. The molecule has 2 aromatic heterocycles. The first-order chi connectivity index (χ1) is 21.7. The Morgan fingerprint density at radius 3 is 2.64 bits per heavy atom. The van der Waals surface area contributed by atoms with E-state index in [0.29, 0.717) is 56.0 Å². The Bertz CT molecular complexity index is 1430.